The van der Waals surface area contributed by atoms with Crippen molar-refractivity contribution in [2.75, 3.05) is 13.6 Å². The van der Waals surface area contributed by atoms with Crippen molar-refractivity contribution in [2.45, 2.75) is 13.5 Å². The molecule has 1 aromatic heterocycles. The lowest BCUT2D eigenvalue weighted by Crippen LogP contribution is -2.32. The van der Waals surface area contributed by atoms with Gasteiger partial charge in [-0.3, -0.25) is 9.89 Å². The van der Waals surface area contributed by atoms with Crippen molar-refractivity contribution in [1.82, 2.24) is 20.1 Å². The molecule has 0 saturated heterocycles. The number of nitrogens with one attached hydrogen (secondary N) is 1. The van der Waals surface area contributed by atoms with Crippen LogP contribution < -0.4 is 5.73 Å². The van der Waals surface area contributed by atoms with E-state index in [1.807, 2.05) is 0 Å². The fourth-order valence-corrected chi connectivity index (χ4v) is 0.916. The molecule has 0 aliphatic heterocycles. The number of nitrogens with two attached hydrogens (primary N) is 1. The van der Waals surface area contributed by atoms with Gasteiger partial charge in [-0.2, -0.15) is 5.10 Å². The summed E-state index contributed by atoms with van der Waals surface area (Å²) in [4.78, 5) is 16.6. The van der Waals surface area contributed by atoms with Crippen molar-refractivity contribution in [3.8, 4) is 0 Å². The van der Waals surface area contributed by atoms with Crippen LogP contribution >= 0.6 is 0 Å². The maximum Gasteiger partial charge on any atom is 0.236 e. The van der Waals surface area contributed by atoms with E-state index in [0.29, 0.717) is 12.4 Å². The summed E-state index contributed by atoms with van der Waals surface area (Å²) in [5, 5.41) is 6.60. The van der Waals surface area contributed by atoms with Crippen LogP contribution in [0.5, 0.6) is 0 Å². The maximum atomic E-state index is 11.1. The van der Waals surface area contributed by atoms with Gasteiger partial charge in [-0.1, -0.05) is 0 Å². The molecule has 0 radical (unpaired) electrons. The van der Waals surface area contributed by atoms with Gasteiger partial charge in [0.05, 0.1) is 13.1 Å². The molecule has 1 rings (SSSR count). The van der Waals surface area contributed by atoms with Gasteiger partial charge < -0.3 is 10.6 Å². The van der Waals surface area contributed by atoms with E-state index < -0.39 is 0 Å². The Labute approximate surface area is 76.1 Å². The van der Waals surface area contributed by atoms with Crippen molar-refractivity contribution < 1.29 is 4.79 Å². The molecule has 0 aromatic carbocycles. The molecule has 1 heterocycles. The van der Waals surface area contributed by atoms with Gasteiger partial charge in [0.25, 0.3) is 0 Å². The van der Waals surface area contributed by atoms with Crippen LogP contribution in [0.15, 0.2) is 0 Å². The molecule has 0 spiro atoms. The molecule has 6 heteroatoms. The molecule has 0 saturated carbocycles. The zero-order valence-corrected chi connectivity index (χ0v) is 7.74. The van der Waals surface area contributed by atoms with Gasteiger partial charge in [0.2, 0.25) is 5.91 Å². The quantitative estimate of drug-likeness (QED) is 0.631. The lowest BCUT2D eigenvalue weighted by molar-refractivity contribution is -0.128. The monoisotopic (exact) mass is 183 g/mol. The van der Waals surface area contributed by atoms with Gasteiger partial charge in [-0.05, 0) is 6.92 Å². The summed E-state index contributed by atoms with van der Waals surface area (Å²) in [6.07, 6.45) is 0. The molecular formula is C7H13N5O. The van der Waals surface area contributed by atoms with Gasteiger partial charge in [-0.25, -0.2) is 4.98 Å². The average molecular weight is 183 g/mol. The molecule has 72 valence electrons. The van der Waals surface area contributed by atoms with Crippen molar-refractivity contribution >= 4 is 5.91 Å². The molecule has 0 atom stereocenters. The van der Waals surface area contributed by atoms with Crippen LogP contribution in [0.2, 0.25) is 0 Å². The maximum absolute atomic E-state index is 11.1. The highest BCUT2D eigenvalue weighted by Crippen LogP contribution is 1.95. The smallest absolute Gasteiger partial charge is 0.236 e. The predicted molar refractivity (Wildman–Crippen MR) is 46.6 cm³/mol. The summed E-state index contributed by atoms with van der Waals surface area (Å²) in [6.45, 7) is 2.21. The third-order valence-corrected chi connectivity index (χ3v) is 1.62. The fraction of sp³-hybridized carbons (Fsp3) is 0.571. The Morgan fingerprint density at radius 3 is 2.85 bits per heavy atom. The Morgan fingerprint density at radius 1 is 1.69 bits per heavy atom. The number of likely N-dealkylation sites (N-methyl/N-ethyl adjacent to an activating group) is 1. The summed E-state index contributed by atoms with van der Waals surface area (Å²) in [5.41, 5.74) is 5.19. The van der Waals surface area contributed by atoms with E-state index in [9.17, 15) is 4.79 Å². The van der Waals surface area contributed by atoms with E-state index in [1.165, 1.54) is 4.90 Å². The summed E-state index contributed by atoms with van der Waals surface area (Å²) in [6, 6.07) is 0. The lowest BCUT2D eigenvalue weighted by atomic mass is 10.5. The Balaban J connectivity index is 2.54. The lowest BCUT2D eigenvalue weighted by Gasteiger charge is -2.13. The highest BCUT2D eigenvalue weighted by Gasteiger charge is 2.09. The molecule has 3 N–H and O–H groups in total. The minimum absolute atomic E-state index is 0.0138. The number of carbonyl (C=O) groups is 1. The van der Waals surface area contributed by atoms with E-state index in [2.05, 4.69) is 15.2 Å². The second-order valence-electron chi connectivity index (χ2n) is 2.79. The first-order valence-electron chi connectivity index (χ1n) is 3.95. The second kappa shape index (κ2) is 3.99. The Hall–Kier alpha value is -1.43. The topological polar surface area (TPSA) is 87.9 Å². The van der Waals surface area contributed by atoms with Crippen LogP contribution in [-0.4, -0.2) is 39.6 Å². The zero-order chi connectivity index (χ0) is 9.84. The molecule has 6 nitrogen and oxygen atoms in total. The zero-order valence-electron chi connectivity index (χ0n) is 7.74. The number of rotatable bonds is 3. The Bertz CT molecular complexity index is 295. The van der Waals surface area contributed by atoms with Crippen LogP contribution in [0.25, 0.3) is 0 Å². The molecule has 0 aliphatic rings. The predicted octanol–water partition coefficient (Wildman–Crippen LogP) is -0.970. The van der Waals surface area contributed by atoms with E-state index >= 15 is 0 Å². The number of aromatic nitrogens is 3. The molecule has 13 heavy (non-hydrogen) atoms. The van der Waals surface area contributed by atoms with Crippen LogP contribution in [0, 0.1) is 6.92 Å². The molecule has 0 fully saturated rings. The first kappa shape index (κ1) is 9.66. The van der Waals surface area contributed by atoms with Gasteiger partial charge >= 0.3 is 0 Å². The number of amides is 1. The van der Waals surface area contributed by atoms with Crippen LogP contribution in [0.1, 0.15) is 11.6 Å². The first-order chi connectivity index (χ1) is 6.13. The van der Waals surface area contributed by atoms with Crippen LogP contribution in [-0.2, 0) is 11.3 Å². The number of hydrogen-bond donors (Lipinski definition) is 2. The summed E-state index contributed by atoms with van der Waals surface area (Å²) >= 11 is 0. The fourth-order valence-electron chi connectivity index (χ4n) is 0.916. The Morgan fingerprint density at radius 2 is 2.38 bits per heavy atom. The highest BCUT2D eigenvalue weighted by atomic mass is 16.2. The minimum Gasteiger partial charge on any atom is -0.337 e. The van der Waals surface area contributed by atoms with E-state index in [4.69, 9.17) is 5.73 Å². The average Bonchev–Trinajstić information content (AvgIpc) is 2.49. The number of hydrogen-bond acceptors (Lipinski definition) is 4. The second-order valence-corrected chi connectivity index (χ2v) is 2.79. The Kier molecular flexibility index (Phi) is 2.97. The summed E-state index contributed by atoms with van der Waals surface area (Å²) < 4.78 is 0. The molecular weight excluding hydrogens is 170 g/mol. The minimum atomic E-state index is -0.123. The number of aryl methyl sites for hydroxylation is 1. The normalized spacial score (nSPS) is 10.1. The molecule has 0 unspecified atom stereocenters. The molecule has 1 aromatic rings. The van der Waals surface area contributed by atoms with Crippen LogP contribution in [0.3, 0.4) is 0 Å². The van der Waals surface area contributed by atoms with Gasteiger partial charge in [0, 0.05) is 7.05 Å². The van der Waals surface area contributed by atoms with E-state index in [0.717, 1.165) is 5.82 Å². The van der Waals surface area contributed by atoms with E-state index in [-0.39, 0.29) is 12.5 Å². The number of nitrogens with zero attached hydrogens (tertiary/aromatic N) is 3. The van der Waals surface area contributed by atoms with Crippen molar-refractivity contribution in [3.05, 3.63) is 11.6 Å². The first-order valence-corrected chi connectivity index (χ1v) is 3.95. The SMILES string of the molecule is Cc1nc(CN(C)C(=O)CN)n[nH]1. The summed E-state index contributed by atoms with van der Waals surface area (Å²) in [5.74, 6) is 1.22. The number of aromatic amines is 1. The number of carbonyl (C=O) groups excluding carboxylic acids is 1. The van der Waals surface area contributed by atoms with Gasteiger partial charge in [0.1, 0.15) is 5.82 Å². The van der Waals surface area contributed by atoms with Crippen molar-refractivity contribution in [1.29, 1.82) is 0 Å². The van der Waals surface area contributed by atoms with Crippen molar-refractivity contribution in [3.63, 3.8) is 0 Å². The van der Waals surface area contributed by atoms with Crippen molar-refractivity contribution in [2.24, 2.45) is 5.73 Å². The van der Waals surface area contributed by atoms with E-state index in [1.54, 1.807) is 14.0 Å². The molecule has 0 aliphatic carbocycles. The molecule has 0 bridgehead atoms. The van der Waals surface area contributed by atoms with Gasteiger partial charge in [-0.15, -0.1) is 0 Å². The largest absolute Gasteiger partial charge is 0.337 e. The van der Waals surface area contributed by atoms with Gasteiger partial charge in [0.15, 0.2) is 5.82 Å². The molecule has 1 amide bonds. The summed E-state index contributed by atoms with van der Waals surface area (Å²) in [7, 11) is 1.67. The third-order valence-electron chi connectivity index (χ3n) is 1.62. The van der Waals surface area contributed by atoms with Crippen LogP contribution in [0.4, 0.5) is 0 Å². The number of H-pyrrole nitrogens is 1. The highest BCUT2D eigenvalue weighted by molar-refractivity contribution is 5.77. The standard InChI is InChI=1S/C7H13N5O/c1-5-9-6(11-10-5)4-12(2)7(13)3-8/h3-4,8H2,1-2H3,(H,9,10,11). The third kappa shape index (κ3) is 2.51.